The number of rotatable bonds is 7. The van der Waals surface area contributed by atoms with Gasteiger partial charge in [0.2, 0.25) is 0 Å². The highest BCUT2D eigenvalue weighted by Crippen LogP contribution is 2.23. The summed E-state index contributed by atoms with van der Waals surface area (Å²) < 4.78 is 10.5. The van der Waals surface area contributed by atoms with Gasteiger partial charge in [-0.2, -0.15) is 0 Å². The summed E-state index contributed by atoms with van der Waals surface area (Å²) >= 11 is 0. The lowest BCUT2D eigenvalue weighted by Gasteiger charge is -2.03. The van der Waals surface area contributed by atoms with E-state index in [9.17, 15) is 4.79 Å². The molecular weight excluding hydrogens is 254 g/mol. The topological polar surface area (TPSA) is 51.5 Å². The number of hydrogen-bond acceptors (Lipinski definition) is 4. The third-order valence-electron chi connectivity index (χ3n) is 3.25. The molecule has 0 bridgehead atoms. The van der Waals surface area contributed by atoms with Crippen molar-refractivity contribution in [2.45, 2.75) is 26.2 Å². The molecule has 0 aliphatic carbocycles. The van der Waals surface area contributed by atoms with Gasteiger partial charge < -0.3 is 14.5 Å². The van der Waals surface area contributed by atoms with E-state index in [1.54, 1.807) is 6.26 Å². The molecule has 108 valence electrons. The van der Waals surface area contributed by atoms with Crippen molar-refractivity contribution in [2.75, 3.05) is 20.2 Å². The fraction of sp³-hybridized carbons (Fsp3) is 0.438. The van der Waals surface area contributed by atoms with Crippen molar-refractivity contribution in [3.63, 3.8) is 0 Å². The van der Waals surface area contributed by atoms with Crippen LogP contribution in [0.4, 0.5) is 0 Å². The van der Waals surface area contributed by atoms with Crippen molar-refractivity contribution in [1.29, 1.82) is 0 Å². The van der Waals surface area contributed by atoms with Crippen LogP contribution in [0.3, 0.4) is 0 Å². The summed E-state index contributed by atoms with van der Waals surface area (Å²) in [6.07, 6.45) is 4.02. The van der Waals surface area contributed by atoms with E-state index < -0.39 is 0 Å². The lowest BCUT2D eigenvalue weighted by atomic mass is 10.0. The van der Waals surface area contributed by atoms with Gasteiger partial charge in [0.15, 0.2) is 0 Å². The minimum absolute atomic E-state index is 0.212. The molecule has 0 amide bonds. The van der Waals surface area contributed by atoms with Gasteiger partial charge in [0.1, 0.15) is 5.58 Å². The number of carbonyl (C=O) groups excluding carboxylic acids is 1. The number of nitrogens with one attached hydrogen (secondary N) is 1. The van der Waals surface area contributed by atoms with Crippen LogP contribution in [0.15, 0.2) is 28.9 Å². The Morgan fingerprint density at radius 1 is 1.40 bits per heavy atom. The highest BCUT2D eigenvalue weighted by molar-refractivity contribution is 5.86. The summed E-state index contributed by atoms with van der Waals surface area (Å²) in [5.74, 6) is -0.212. The minimum Gasteiger partial charge on any atom is -0.466 e. The Morgan fingerprint density at radius 2 is 2.25 bits per heavy atom. The van der Waals surface area contributed by atoms with Crippen LogP contribution in [0, 0.1) is 0 Å². The van der Waals surface area contributed by atoms with Crippen LogP contribution in [0.25, 0.3) is 11.0 Å². The fourth-order valence-corrected chi connectivity index (χ4v) is 2.26. The van der Waals surface area contributed by atoms with Gasteiger partial charge in [-0.1, -0.05) is 6.07 Å². The molecule has 0 radical (unpaired) electrons. The Balaban J connectivity index is 2.14. The molecule has 4 heteroatoms. The van der Waals surface area contributed by atoms with Crippen LogP contribution < -0.4 is 5.32 Å². The maximum atomic E-state index is 11.6. The number of hydrogen-bond donors (Lipinski definition) is 1. The minimum atomic E-state index is -0.212. The van der Waals surface area contributed by atoms with Gasteiger partial charge in [-0.05, 0) is 51.1 Å². The van der Waals surface area contributed by atoms with Crippen molar-refractivity contribution in [1.82, 2.24) is 5.32 Å². The van der Waals surface area contributed by atoms with Gasteiger partial charge in [0.05, 0.1) is 19.3 Å². The van der Waals surface area contributed by atoms with Crippen LogP contribution >= 0.6 is 0 Å². The molecule has 0 atom stereocenters. The quantitative estimate of drug-likeness (QED) is 0.623. The number of fused-ring (bicyclic) bond motifs is 1. The van der Waals surface area contributed by atoms with E-state index >= 15 is 0 Å². The molecule has 20 heavy (non-hydrogen) atoms. The Bertz CT molecular complexity index is 574. The molecule has 2 aromatic rings. The van der Waals surface area contributed by atoms with Gasteiger partial charge >= 0.3 is 5.97 Å². The fourth-order valence-electron chi connectivity index (χ4n) is 2.26. The second-order valence-electron chi connectivity index (χ2n) is 4.78. The first-order valence-electron chi connectivity index (χ1n) is 7.03. The normalized spacial score (nSPS) is 10.9. The van der Waals surface area contributed by atoms with E-state index in [0.29, 0.717) is 6.61 Å². The first-order valence-corrected chi connectivity index (χ1v) is 7.03. The molecule has 0 saturated carbocycles. The lowest BCUT2D eigenvalue weighted by Crippen LogP contribution is -2.08. The lowest BCUT2D eigenvalue weighted by molar-refractivity contribution is -0.142. The third-order valence-corrected chi connectivity index (χ3v) is 3.25. The Kier molecular flexibility index (Phi) is 5.18. The highest BCUT2D eigenvalue weighted by atomic mass is 16.5. The van der Waals surface area contributed by atoms with Crippen LogP contribution in [0.1, 0.15) is 24.5 Å². The second-order valence-corrected chi connectivity index (χ2v) is 4.78. The second kappa shape index (κ2) is 7.10. The van der Waals surface area contributed by atoms with Gasteiger partial charge in [-0.3, -0.25) is 4.79 Å². The zero-order valence-corrected chi connectivity index (χ0v) is 12.1. The van der Waals surface area contributed by atoms with E-state index in [1.165, 1.54) is 5.56 Å². The first kappa shape index (κ1) is 14.6. The molecule has 0 aliphatic heterocycles. The standard InChI is InChI=1S/C16H21NO3/c1-3-19-16(18)10-13-11-20-15-7-6-12(9-14(13)15)5-4-8-17-2/h6-7,9,11,17H,3-5,8,10H2,1-2H3. The van der Waals surface area contributed by atoms with Crippen LogP contribution in [-0.4, -0.2) is 26.2 Å². The highest BCUT2D eigenvalue weighted by Gasteiger charge is 2.11. The maximum Gasteiger partial charge on any atom is 0.310 e. The summed E-state index contributed by atoms with van der Waals surface area (Å²) in [5.41, 5.74) is 2.98. The average molecular weight is 275 g/mol. The monoisotopic (exact) mass is 275 g/mol. The molecule has 0 spiro atoms. The van der Waals surface area contributed by atoms with Crippen LogP contribution in [-0.2, 0) is 22.4 Å². The molecule has 1 aromatic carbocycles. The van der Waals surface area contributed by atoms with Crippen molar-refractivity contribution in [2.24, 2.45) is 0 Å². The molecule has 0 fully saturated rings. The molecule has 1 heterocycles. The largest absolute Gasteiger partial charge is 0.466 e. The van der Waals surface area contributed by atoms with Gasteiger partial charge in [0.25, 0.3) is 0 Å². The molecule has 1 N–H and O–H groups in total. The Morgan fingerprint density at radius 3 is 3.00 bits per heavy atom. The van der Waals surface area contributed by atoms with Crippen molar-refractivity contribution < 1.29 is 13.9 Å². The summed E-state index contributed by atoms with van der Waals surface area (Å²) in [7, 11) is 1.96. The number of furan rings is 1. The SMILES string of the molecule is CCOC(=O)Cc1coc2ccc(CCCNC)cc12. The van der Waals surface area contributed by atoms with E-state index in [-0.39, 0.29) is 12.4 Å². The summed E-state index contributed by atoms with van der Waals surface area (Å²) in [6.45, 7) is 3.22. The molecule has 0 saturated heterocycles. The zero-order chi connectivity index (χ0) is 14.4. The van der Waals surface area contributed by atoms with Crippen molar-refractivity contribution in [3.05, 3.63) is 35.6 Å². The average Bonchev–Trinajstić information content (AvgIpc) is 2.82. The smallest absolute Gasteiger partial charge is 0.310 e. The Labute approximate surface area is 119 Å². The van der Waals surface area contributed by atoms with Gasteiger partial charge in [0, 0.05) is 10.9 Å². The van der Waals surface area contributed by atoms with E-state index in [4.69, 9.17) is 9.15 Å². The van der Waals surface area contributed by atoms with Crippen molar-refractivity contribution >= 4 is 16.9 Å². The van der Waals surface area contributed by atoms with Crippen LogP contribution in [0.2, 0.25) is 0 Å². The molecule has 2 rings (SSSR count). The van der Waals surface area contributed by atoms with E-state index in [0.717, 1.165) is 35.9 Å². The Hall–Kier alpha value is -1.81. The number of ether oxygens (including phenoxy) is 1. The summed E-state index contributed by atoms with van der Waals surface area (Å²) in [4.78, 5) is 11.6. The molecule has 1 aromatic heterocycles. The third kappa shape index (κ3) is 3.61. The van der Waals surface area contributed by atoms with E-state index in [2.05, 4.69) is 17.4 Å². The predicted molar refractivity (Wildman–Crippen MR) is 78.8 cm³/mol. The molecule has 4 nitrogen and oxygen atoms in total. The number of benzene rings is 1. The number of esters is 1. The number of aryl methyl sites for hydroxylation is 1. The molecule has 0 unspecified atom stereocenters. The van der Waals surface area contributed by atoms with Crippen molar-refractivity contribution in [3.8, 4) is 0 Å². The summed E-state index contributed by atoms with van der Waals surface area (Å²) in [6, 6.07) is 6.16. The van der Waals surface area contributed by atoms with Crippen LogP contribution in [0.5, 0.6) is 0 Å². The molecular formula is C16H21NO3. The maximum absolute atomic E-state index is 11.6. The van der Waals surface area contributed by atoms with E-state index in [1.807, 2.05) is 20.0 Å². The first-order chi connectivity index (χ1) is 9.74. The number of carbonyl (C=O) groups is 1. The zero-order valence-electron chi connectivity index (χ0n) is 12.1. The molecule has 0 aliphatic rings. The predicted octanol–water partition coefficient (Wildman–Crippen LogP) is 2.69. The summed E-state index contributed by atoms with van der Waals surface area (Å²) in [5, 5.41) is 4.16. The van der Waals surface area contributed by atoms with Gasteiger partial charge in [-0.25, -0.2) is 0 Å². The van der Waals surface area contributed by atoms with Gasteiger partial charge in [-0.15, -0.1) is 0 Å².